The van der Waals surface area contributed by atoms with Gasteiger partial charge in [0, 0.05) is 0 Å². The van der Waals surface area contributed by atoms with Gasteiger partial charge in [0.05, 0.1) is 0 Å². The summed E-state index contributed by atoms with van der Waals surface area (Å²) in [7, 11) is 0. The molecular formula is C26H50. The van der Waals surface area contributed by atoms with Gasteiger partial charge in [-0.05, 0) is 73.0 Å². The monoisotopic (exact) mass is 362 g/mol. The van der Waals surface area contributed by atoms with E-state index < -0.39 is 0 Å². The van der Waals surface area contributed by atoms with Gasteiger partial charge in [-0.25, -0.2) is 0 Å². The Balaban J connectivity index is 1.58. The summed E-state index contributed by atoms with van der Waals surface area (Å²) in [5, 5.41) is 0. The maximum atomic E-state index is 2.45. The normalized spacial score (nSPS) is 31.0. The van der Waals surface area contributed by atoms with Crippen LogP contribution in [-0.2, 0) is 0 Å². The molecule has 0 amide bonds. The van der Waals surface area contributed by atoms with Crippen molar-refractivity contribution in [3.8, 4) is 0 Å². The van der Waals surface area contributed by atoms with Crippen molar-refractivity contribution in [1.29, 1.82) is 0 Å². The van der Waals surface area contributed by atoms with Crippen LogP contribution in [0.5, 0.6) is 0 Å². The molecule has 4 atom stereocenters. The Hall–Kier alpha value is 0. The minimum Gasteiger partial charge on any atom is -0.0651 e. The Morgan fingerprint density at radius 3 is 1.96 bits per heavy atom. The molecule has 1 spiro atoms. The molecule has 0 aromatic carbocycles. The second kappa shape index (κ2) is 10.5. The van der Waals surface area contributed by atoms with Crippen molar-refractivity contribution in [2.24, 2.45) is 40.9 Å². The highest BCUT2D eigenvalue weighted by Crippen LogP contribution is 2.70. The highest BCUT2D eigenvalue weighted by atomic mass is 14.6. The first-order valence-corrected chi connectivity index (χ1v) is 12.4. The van der Waals surface area contributed by atoms with Crippen LogP contribution in [0.3, 0.4) is 0 Å². The SMILES string of the molecule is CCC(C)CC(CC)CCC1CC12CC(CCC(CC)CCC(C)C)C2. The fourth-order valence-corrected chi connectivity index (χ4v) is 5.89. The molecule has 0 radical (unpaired) electrons. The predicted octanol–water partition coefficient (Wildman–Crippen LogP) is 8.89. The third kappa shape index (κ3) is 6.56. The van der Waals surface area contributed by atoms with Crippen molar-refractivity contribution in [2.75, 3.05) is 0 Å². The minimum atomic E-state index is 0.860. The van der Waals surface area contributed by atoms with Gasteiger partial charge >= 0.3 is 0 Å². The first-order valence-electron chi connectivity index (χ1n) is 12.4. The summed E-state index contributed by atoms with van der Waals surface area (Å²) in [4.78, 5) is 0. The second-order valence-electron chi connectivity index (χ2n) is 11.0. The number of rotatable bonds is 14. The fourth-order valence-electron chi connectivity index (χ4n) is 5.89. The van der Waals surface area contributed by atoms with Crippen LogP contribution in [0.4, 0.5) is 0 Å². The van der Waals surface area contributed by atoms with E-state index in [4.69, 9.17) is 0 Å². The highest BCUT2D eigenvalue weighted by Gasteiger charge is 2.60. The van der Waals surface area contributed by atoms with E-state index in [1.54, 1.807) is 25.7 Å². The van der Waals surface area contributed by atoms with Crippen LogP contribution in [0, 0.1) is 40.9 Å². The molecule has 0 heterocycles. The third-order valence-corrected chi connectivity index (χ3v) is 8.40. The lowest BCUT2D eigenvalue weighted by atomic mass is 9.67. The smallest absolute Gasteiger partial charge is 0.0261 e. The third-order valence-electron chi connectivity index (χ3n) is 8.40. The molecule has 0 nitrogen and oxygen atoms in total. The Morgan fingerprint density at radius 1 is 0.731 bits per heavy atom. The van der Waals surface area contributed by atoms with Crippen molar-refractivity contribution in [1.82, 2.24) is 0 Å². The molecule has 0 bridgehead atoms. The highest BCUT2D eigenvalue weighted by molar-refractivity contribution is 5.10. The van der Waals surface area contributed by atoms with Gasteiger partial charge in [-0.3, -0.25) is 0 Å². The molecular weight excluding hydrogens is 312 g/mol. The van der Waals surface area contributed by atoms with Crippen LogP contribution in [-0.4, -0.2) is 0 Å². The van der Waals surface area contributed by atoms with Crippen molar-refractivity contribution in [3.63, 3.8) is 0 Å². The van der Waals surface area contributed by atoms with Gasteiger partial charge in [-0.2, -0.15) is 0 Å². The van der Waals surface area contributed by atoms with Gasteiger partial charge in [0.1, 0.15) is 0 Å². The van der Waals surface area contributed by atoms with Crippen molar-refractivity contribution >= 4 is 0 Å². The summed E-state index contributed by atoms with van der Waals surface area (Å²) in [5.41, 5.74) is 0.860. The Morgan fingerprint density at radius 2 is 1.38 bits per heavy atom. The summed E-state index contributed by atoms with van der Waals surface area (Å²) < 4.78 is 0. The van der Waals surface area contributed by atoms with Gasteiger partial charge in [0.2, 0.25) is 0 Å². The predicted molar refractivity (Wildman–Crippen MR) is 117 cm³/mol. The lowest BCUT2D eigenvalue weighted by molar-refractivity contribution is 0.126. The van der Waals surface area contributed by atoms with Crippen molar-refractivity contribution < 1.29 is 0 Å². The van der Waals surface area contributed by atoms with Gasteiger partial charge in [-0.1, -0.05) is 92.9 Å². The zero-order valence-corrected chi connectivity index (χ0v) is 19.2. The van der Waals surface area contributed by atoms with E-state index in [1.807, 2.05) is 0 Å². The van der Waals surface area contributed by atoms with Crippen molar-refractivity contribution in [2.45, 2.75) is 125 Å². The first kappa shape index (κ1) is 22.3. The standard InChI is InChI=1S/C26H50/c1-7-21(6)16-23(9-3)14-15-25-19-26(25)17-24(18-26)13-12-22(8-2)11-10-20(4)5/h20-25H,7-19H2,1-6H3. The zero-order valence-electron chi connectivity index (χ0n) is 19.2. The lowest BCUT2D eigenvalue weighted by Crippen LogP contribution is -2.27. The van der Waals surface area contributed by atoms with Crippen LogP contribution in [0.1, 0.15) is 125 Å². The average Bonchev–Trinajstić information content (AvgIpc) is 3.31. The molecule has 0 aromatic rings. The maximum absolute atomic E-state index is 2.45. The van der Waals surface area contributed by atoms with E-state index in [-0.39, 0.29) is 0 Å². The van der Waals surface area contributed by atoms with E-state index in [0.717, 1.165) is 40.9 Å². The molecule has 2 aliphatic carbocycles. The fraction of sp³-hybridized carbons (Fsp3) is 1.00. The molecule has 0 saturated heterocycles. The van der Waals surface area contributed by atoms with Crippen LogP contribution >= 0.6 is 0 Å². The summed E-state index contributed by atoms with van der Waals surface area (Å²) in [5.74, 6) is 6.04. The van der Waals surface area contributed by atoms with E-state index >= 15 is 0 Å². The molecule has 0 aliphatic heterocycles. The molecule has 2 fully saturated rings. The first-order chi connectivity index (χ1) is 12.4. The van der Waals surface area contributed by atoms with Crippen molar-refractivity contribution in [3.05, 3.63) is 0 Å². The second-order valence-corrected chi connectivity index (χ2v) is 11.0. The van der Waals surface area contributed by atoms with E-state index in [2.05, 4.69) is 41.5 Å². The largest absolute Gasteiger partial charge is 0.0651 e. The molecule has 26 heavy (non-hydrogen) atoms. The zero-order chi connectivity index (χ0) is 19.2. The molecule has 0 heteroatoms. The lowest BCUT2D eigenvalue weighted by Gasteiger charge is -2.38. The Labute approximate surface area is 166 Å². The summed E-state index contributed by atoms with van der Waals surface area (Å²) in [6.07, 6.45) is 19.5. The summed E-state index contributed by atoms with van der Waals surface area (Å²) in [6, 6.07) is 0. The van der Waals surface area contributed by atoms with Crippen LogP contribution in [0.15, 0.2) is 0 Å². The molecule has 0 aromatic heterocycles. The molecule has 2 saturated carbocycles. The van der Waals surface area contributed by atoms with Gasteiger partial charge in [0.15, 0.2) is 0 Å². The summed E-state index contributed by atoms with van der Waals surface area (Å²) >= 11 is 0. The van der Waals surface area contributed by atoms with Crippen LogP contribution in [0.2, 0.25) is 0 Å². The van der Waals surface area contributed by atoms with Crippen LogP contribution in [0.25, 0.3) is 0 Å². The summed E-state index contributed by atoms with van der Waals surface area (Å²) in [6.45, 7) is 14.4. The Bertz CT molecular complexity index is 375. The minimum absolute atomic E-state index is 0.860. The van der Waals surface area contributed by atoms with E-state index in [1.165, 1.54) is 57.8 Å². The van der Waals surface area contributed by atoms with Gasteiger partial charge in [-0.15, -0.1) is 0 Å². The van der Waals surface area contributed by atoms with Crippen LogP contribution < -0.4 is 0 Å². The van der Waals surface area contributed by atoms with E-state index in [9.17, 15) is 0 Å². The van der Waals surface area contributed by atoms with E-state index in [0.29, 0.717) is 0 Å². The average molecular weight is 363 g/mol. The number of hydrogen-bond acceptors (Lipinski definition) is 0. The topological polar surface area (TPSA) is 0 Å². The Kier molecular flexibility index (Phi) is 9.02. The molecule has 4 unspecified atom stereocenters. The maximum Gasteiger partial charge on any atom is -0.0261 e. The molecule has 2 rings (SSSR count). The number of hydrogen-bond donors (Lipinski definition) is 0. The van der Waals surface area contributed by atoms with Gasteiger partial charge in [0.25, 0.3) is 0 Å². The molecule has 0 N–H and O–H groups in total. The van der Waals surface area contributed by atoms with Gasteiger partial charge < -0.3 is 0 Å². The molecule has 154 valence electrons. The quantitative estimate of drug-likeness (QED) is 0.289. The molecule has 2 aliphatic rings.